The minimum atomic E-state index is -0.404. The van der Waals surface area contributed by atoms with Crippen LogP contribution in [0.15, 0.2) is 89.0 Å². The first kappa shape index (κ1) is 23.1. The first-order chi connectivity index (χ1) is 17.6. The molecule has 5 rings (SSSR count). The van der Waals surface area contributed by atoms with Gasteiger partial charge in [-0.3, -0.25) is 14.6 Å². The van der Waals surface area contributed by atoms with Gasteiger partial charge in [0.1, 0.15) is 23.0 Å². The van der Waals surface area contributed by atoms with Crippen molar-refractivity contribution >= 4 is 23.1 Å². The molecule has 180 valence electrons. The fraction of sp³-hybridized carbons (Fsp3) is 0.0769. The van der Waals surface area contributed by atoms with Gasteiger partial charge >= 0.3 is 0 Å². The van der Waals surface area contributed by atoms with E-state index in [1.165, 1.54) is 22.1 Å². The number of thiophene rings is 1. The lowest BCUT2D eigenvalue weighted by Gasteiger charge is -2.10. The summed E-state index contributed by atoms with van der Waals surface area (Å²) in [5.41, 5.74) is 1.56. The van der Waals surface area contributed by atoms with Gasteiger partial charge in [-0.1, -0.05) is 42.5 Å². The Labute approximate surface area is 210 Å². The van der Waals surface area contributed by atoms with Crippen molar-refractivity contribution in [2.45, 2.75) is 0 Å². The lowest BCUT2D eigenvalue weighted by atomic mass is 10.1. The molecule has 0 aliphatic rings. The number of amides is 1. The van der Waals surface area contributed by atoms with Crippen molar-refractivity contribution in [3.63, 3.8) is 0 Å². The Morgan fingerprint density at radius 1 is 1.00 bits per heavy atom. The number of carbonyl (C=O) groups is 1. The topological polar surface area (TPSA) is 111 Å². The molecule has 0 aliphatic carbocycles. The third-order valence-electron chi connectivity index (χ3n) is 5.16. The second-order valence-electron chi connectivity index (χ2n) is 7.64. The molecule has 0 saturated carbocycles. The zero-order chi connectivity index (χ0) is 24.9. The van der Waals surface area contributed by atoms with Gasteiger partial charge in [0.25, 0.3) is 11.5 Å². The molecule has 10 heteroatoms. The van der Waals surface area contributed by atoms with Crippen molar-refractivity contribution in [1.82, 2.24) is 19.7 Å². The van der Waals surface area contributed by atoms with Gasteiger partial charge in [0.2, 0.25) is 5.95 Å². The van der Waals surface area contributed by atoms with Crippen LogP contribution in [0.4, 0.5) is 5.82 Å². The number of nitrogens with one attached hydrogen (secondary N) is 2. The Balaban J connectivity index is 1.45. The summed E-state index contributed by atoms with van der Waals surface area (Å²) in [7, 11) is 1.56. The van der Waals surface area contributed by atoms with Gasteiger partial charge in [-0.25, -0.2) is 4.98 Å². The van der Waals surface area contributed by atoms with Crippen LogP contribution in [-0.4, -0.2) is 39.4 Å². The lowest BCUT2D eigenvalue weighted by molar-refractivity contribution is -0.118. The zero-order valence-electron chi connectivity index (χ0n) is 19.2. The summed E-state index contributed by atoms with van der Waals surface area (Å²) < 4.78 is 12.2. The van der Waals surface area contributed by atoms with Crippen molar-refractivity contribution in [1.29, 1.82) is 0 Å². The Morgan fingerprint density at radius 2 is 1.83 bits per heavy atom. The number of hydrogen-bond acceptors (Lipinski definition) is 7. The van der Waals surface area contributed by atoms with Crippen LogP contribution in [0.25, 0.3) is 27.8 Å². The molecule has 2 aromatic carbocycles. The molecule has 1 amide bonds. The van der Waals surface area contributed by atoms with Crippen LogP contribution in [0.1, 0.15) is 0 Å². The van der Waals surface area contributed by atoms with Crippen molar-refractivity contribution in [3.8, 4) is 39.3 Å². The van der Waals surface area contributed by atoms with Gasteiger partial charge in [-0.05, 0) is 23.6 Å². The number of H-pyrrole nitrogens is 1. The molecule has 0 bridgehead atoms. The molecule has 9 nitrogen and oxygen atoms in total. The maximum atomic E-state index is 12.8. The number of aromatic amines is 1. The molecule has 0 radical (unpaired) electrons. The van der Waals surface area contributed by atoms with Crippen LogP contribution in [0.2, 0.25) is 0 Å². The van der Waals surface area contributed by atoms with Gasteiger partial charge in [0, 0.05) is 23.8 Å². The maximum absolute atomic E-state index is 12.8. The average molecular weight is 500 g/mol. The monoisotopic (exact) mass is 499 g/mol. The Bertz CT molecular complexity index is 1540. The molecule has 0 aliphatic heterocycles. The van der Waals surface area contributed by atoms with Crippen LogP contribution >= 0.6 is 11.3 Å². The third-order valence-corrected chi connectivity index (χ3v) is 6.05. The van der Waals surface area contributed by atoms with E-state index < -0.39 is 5.91 Å². The molecule has 0 fully saturated rings. The molecule has 0 atom stereocenters. The molecule has 0 unspecified atom stereocenters. The zero-order valence-corrected chi connectivity index (χ0v) is 20.0. The molecule has 5 aromatic rings. The van der Waals surface area contributed by atoms with Crippen LogP contribution in [-0.2, 0) is 4.79 Å². The van der Waals surface area contributed by atoms with E-state index in [1.807, 2.05) is 47.8 Å². The fourth-order valence-electron chi connectivity index (χ4n) is 3.50. The van der Waals surface area contributed by atoms with Gasteiger partial charge in [0.15, 0.2) is 6.61 Å². The van der Waals surface area contributed by atoms with E-state index in [4.69, 9.17) is 9.47 Å². The summed E-state index contributed by atoms with van der Waals surface area (Å²) in [6, 6.07) is 23.3. The molecule has 36 heavy (non-hydrogen) atoms. The smallest absolute Gasteiger partial charge is 0.263 e. The molecular formula is C26H21N5O4S. The van der Waals surface area contributed by atoms with Crippen molar-refractivity contribution in [2.24, 2.45) is 0 Å². The lowest BCUT2D eigenvalue weighted by Crippen LogP contribution is -2.23. The van der Waals surface area contributed by atoms with Gasteiger partial charge in [-0.15, -0.1) is 11.3 Å². The van der Waals surface area contributed by atoms with Gasteiger partial charge in [0.05, 0.1) is 17.7 Å². The third kappa shape index (κ3) is 5.18. The summed E-state index contributed by atoms with van der Waals surface area (Å²) in [6.07, 6.45) is 0. The summed E-state index contributed by atoms with van der Waals surface area (Å²) in [6.45, 7) is -0.235. The summed E-state index contributed by atoms with van der Waals surface area (Å²) >= 11 is 1.51. The van der Waals surface area contributed by atoms with Crippen molar-refractivity contribution in [3.05, 3.63) is 94.6 Å². The number of methoxy groups -OCH3 is 1. The van der Waals surface area contributed by atoms with Gasteiger partial charge < -0.3 is 14.8 Å². The molecule has 2 N–H and O–H groups in total. The minimum Gasteiger partial charge on any atom is -0.497 e. The summed E-state index contributed by atoms with van der Waals surface area (Å²) in [5, 5.41) is 9.37. The van der Waals surface area contributed by atoms with Gasteiger partial charge in [-0.2, -0.15) is 9.78 Å². The highest BCUT2D eigenvalue weighted by Crippen LogP contribution is 2.28. The normalized spacial score (nSPS) is 10.7. The number of aromatic nitrogens is 4. The van der Waals surface area contributed by atoms with E-state index in [9.17, 15) is 9.59 Å². The highest BCUT2D eigenvalue weighted by molar-refractivity contribution is 7.13. The van der Waals surface area contributed by atoms with Crippen LogP contribution in [0.3, 0.4) is 0 Å². The predicted octanol–water partition coefficient (Wildman–Crippen LogP) is 4.38. The second-order valence-corrected chi connectivity index (χ2v) is 8.59. The summed E-state index contributed by atoms with van der Waals surface area (Å²) in [5.74, 6) is 1.23. The largest absolute Gasteiger partial charge is 0.497 e. The Kier molecular flexibility index (Phi) is 6.59. The second kappa shape index (κ2) is 10.3. The number of nitrogens with zero attached hydrogens (tertiary/aromatic N) is 3. The highest BCUT2D eigenvalue weighted by atomic mass is 32.1. The predicted molar refractivity (Wildman–Crippen MR) is 138 cm³/mol. The number of rotatable bonds is 8. The van der Waals surface area contributed by atoms with E-state index in [1.54, 1.807) is 37.4 Å². The van der Waals surface area contributed by atoms with Crippen LogP contribution < -0.4 is 20.3 Å². The average Bonchev–Trinajstić information content (AvgIpc) is 3.58. The molecular weight excluding hydrogens is 478 g/mol. The molecule has 0 spiro atoms. The SMILES string of the molecule is COc1cccc(OCC(=O)Nc2cc(-c3cccs3)nn2-c2nc(-c3ccccc3)cc(=O)[nH]2)c1. The fourth-order valence-corrected chi connectivity index (χ4v) is 4.18. The van der Waals surface area contributed by atoms with Crippen molar-refractivity contribution < 1.29 is 14.3 Å². The Hall–Kier alpha value is -4.70. The summed E-state index contributed by atoms with van der Waals surface area (Å²) in [4.78, 5) is 33.5. The maximum Gasteiger partial charge on any atom is 0.263 e. The van der Waals surface area contributed by atoms with Crippen molar-refractivity contribution in [2.75, 3.05) is 19.0 Å². The first-order valence-electron chi connectivity index (χ1n) is 11.0. The number of ether oxygens (including phenoxy) is 2. The number of benzene rings is 2. The van der Waals surface area contributed by atoms with E-state index in [0.717, 1.165) is 10.4 Å². The molecule has 0 saturated heterocycles. The highest BCUT2D eigenvalue weighted by Gasteiger charge is 2.17. The molecule has 3 aromatic heterocycles. The quantitative estimate of drug-likeness (QED) is 0.328. The van der Waals surface area contributed by atoms with E-state index in [2.05, 4.69) is 20.4 Å². The van der Waals surface area contributed by atoms with E-state index in [0.29, 0.717) is 28.7 Å². The molecule has 3 heterocycles. The number of anilines is 1. The number of carbonyl (C=O) groups excluding carboxylic acids is 1. The minimum absolute atomic E-state index is 0.174. The van der Waals surface area contributed by atoms with E-state index >= 15 is 0 Å². The standard InChI is InChI=1S/C26H21N5O4S/c1-34-18-9-5-10-19(13-18)35-16-25(33)28-23-14-21(22-11-6-12-36-22)30-31(23)26-27-20(15-24(32)29-26)17-7-3-2-4-8-17/h2-15H,16H2,1H3,(H,28,33)(H,27,29,32). The Morgan fingerprint density at radius 3 is 2.61 bits per heavy atom. The van der Waals surface area contributed by atoms with E-state index in [-0.39, 0.29) is 18.1 Å². The number of hydrogen-bond donors (Lipinski definition) is 2. The van der Waals surface area contributed by atoms with Crippen LogP contribution in [0.5, 0.6) is 11.5 Å². The van der Waals surface area contributed by atoms with Crippen LogP contribution in [0, 0.1) is 0 Å². The first-order valence-corrected chi connectivity index (χ1v) is 11.8.